The normalized spacial score (nSPS) is 20.2. The lowest BCUT2D eigenvalue weighted by molar-refractivity contribution is -0.117. The first-order chi connectivity index (χ1) is 7.84. The minimum Gasteiger partial charge on any atom is -0.300 e. The summed E-state index contributed by atoms with van der Waals surface area (Å²) in [5.41, 5.74) is 1.44. The molecule has 0 radical (unpaired) electrons. The molecule has 0 heterocycles. The number of aryl methyl sites for hydroxylation is 1. The maximum absolute atomic E-state index is 11.1. The molecule has 1 fully saturated rings. The van der Waals surface area contributed by atoms with Gasteiger partial charge in [-0.1, -0.05) is 36.8 Å². The largest absolute Gasteiger partial charge is 0.300 e. The van der Waals surface area contributed by atoms with Gasteiger partial charge in [-0.15, -0.1) is 0 Å². The van der Waals surface area contributed by atoms with E-state index < -0.39 is 0 Å². The molecule has 1 aliphatic carbocycles. The van der Waals surface area contributed by atoms with Gasteiger partial charge in [-0.3, -0.25) is 4.79 Å². The minimum absolute atomic E-state index is 0.480. The molecule has 0 saturated heterocycles. The molecule has 0 unspecified atom stereocenters. The molecular weight excluding hydrogens is 196 g/mol. The van der Waals surface area contributed by atoms with E-state index >= 15 is 0 Å². The first-order valence-corrected chi connectivity index (χ1v) is 6.40. The molecule has 1 aromatic rings. The fourth-order valence-electron chi connectivity index (χ4n) is 2.54. The monoisotopic (exact) mass is 216 g/mol. The fraction of sp³-hybridized carbons (Fsp3) is 0.533. The van der Waals surface area contributed by atoms with Crippen molar-refractivity contribution in [2.75, 3.05) is 0 Å². The van der Waals surface area contributed by atoms with Crippen LogP contribution in [0.2, 0.25) is 0 Å². The zero-order chi connectivity index (χ0) is 11.2. The summed E-state index contributed by atoms with van der Waals surface area (Å²) in [5, 5.41) is 0. The van der Waals surface area contributed by atoms with Crippen molar-refractivity contribution in [3.8, 4) is 0 Å². The van der Waals surface area contributed by atoms with E-state index in [2.05, 4.69) is 30.3 Å². The van der Waals surface area contributed by atoms with Crippen LogP contribution in [-0.4, -0.2) is 5.78 Å². The lowest BCUT2D eigenvalue weighted by Gasteiger charge is -2.07. The highest BCUT2D eigenvalue weighted by molar-refractivity contribution is 5.80. The number of hydrogen-bond donors (Lipinski definition) is 0. The Labute approximate surface area is 97.9 Å². The molecule has 16 heavy (non-hydrogen) atoms. The van der Waals surface area contributed by atoms with Crippen molar-refractivity contribution in [2.24, 2.45) is 5.92 Å². The van der Waals surface area contributed by atoms with E-state index in [4.69, 9.17) is 0 Å². The second-order valence-electron chi connectivity index (χ2n) is 4.88. The predicted molar refractivity (Wildman–Crippen MR) is 66.3 cm³/mol. The van der Waals surface area contributed by atoms with Crippen molar-refractivity contribution in [3.05, 3.63) is 35.9 Å². The molecule has 1 aliphatic rings. The summed E-state index contributed by atoms with van der Waals surface area (Å²) in [7, 11) is 0. The van der Waals surface area contributed by atoms with E-state index in [0.29, 0.717) is 11.7 Å². The SMILES string of the molecule is O=C1CC[C@H](CCCCc2ccccc2)C1. The molecule has 0 aliphatic heterocycles. The van der Waals surface area contributed by atoms with Gasteiger partial charge >= 0.3 is 0 Å². The Bertz CT molecular complexity index is 329. The summed E-state index contributed by atoms with van der Waals surface area (Å²) in [6.45, 7) is 0. The molecule has 0 N–H and O–H groups in total. The van der Waals surface area contributed by atoms with Crippen LogP contribution < -0.4 is 0 Å². The lowest BCUT2D eigenvalue weighted by atomic mass is 9.98. The van der Waals surface area contributed by atoms with Crippen LogP contribution in [0.3, 0.4) is 0 Å². The lowest BCUT2D eigenvalue weighted by Crippen LogP contribution is -1.96. The standard InChI is InChI=1S/C15H20O/c16-15-11-10-14(12-15)9-5-4-8-13-6-2-1-3-7-13/h1-3,6-7,14H,4-5,8-12H2/t14-/m0/s1. The molecule has 1 nitrogen and oxygen atoms in total. The molecule has 1 saturated carbocycles. The third-order valence-corrected chi connectivity index (χ3v) is 3.52. The quantitative estimate of drug-likeness (QED) is 0.685. The Morgan fingerprint density at radius 1 is 1.12 bits per heavy atom. The fourth-order valence-corrected chi connectivity index (χ4v) is 2.54. The summed E-state index contributed by atoms with van der Waals surface area (Å²) in [6.07, 6.45) is 7.79. The summed E-state index contributed by atoms with van der Waals surface area (Å²) in [6, 6.07) is 10.7. The maximum atomic E-state index is 11.1. The van der Waals surface area contributed by atoms with Gasteiger partial charge in [-0.05, 0) is 37.2 Å². The summed E-state index contributed by atoms with van der Waals surface area (Å²) < 4.78 is 0. The van der Waals surface area contributed by atoms with Gasteiger partial charge in [0.1, 0.15) is 5.78 Å². The summed E-state index contributed by atoms with van der Waals surface area (Å²) >= 11 is 0. The van der Waals surface area contributed by atoms with Crippen molar-refractivity contribution in [1.82, 2.24) is 0 Å². The molecule has 1 heteroatoms. The van der Waals surface area contributed by atoms with Gasteiger partial charge in [0.2, 0.25) is 0 Å². The van der Waals surface area contributed by atoms with Crippen molar-refractivity contribution < 1.29 is 4.79 Å². The second kappa shape index (κ2) is 5.83. The second-order valence-corrected chi connectivity index (χ2v) is 4.88. The van der Waals surface area contributed by atoms with Crippen molar-refractivity contribution >= 4 is 5.78 Å². The van der Waals surface area contributed by atoms with Crippen LogP contribution in [0.15, 0.2) is 30.3 Å². The predicted octanol–water partition coefficient (Wildman–Crippen LogP) is 3.77. The van der Waals surface area contributed by atoms with Gasteiger partial charge in [0.15, 0.2) is 0 Å². The Morgan fingerprint density at radius 2 is 1.94 bits per heavy atom. The molecule has 1 aromatic carbocycles. The Hall–Kier alpha value is -1.11. The number of ketones is 1. The molecule has 0 amide bonds. The van der Waals surface area contributed by atoms with Gasteiger partial charge < -0.3 is 0 Å². The van der Waals surface area contributed by atoms with Gasteiger partial charge in [0, 0.05) is 12.8 Å². The Balaban J connectivity index is 1.60. The van der Waals surface area contributed by atoms with E-state index in [1.54, 1.807) is 0 Å². The van der Waals surface area contributed by atoms with Crippen LogP contribution >= 0.6 is 0 Å². The summed E-state index contributed by atoms with van der Waals surface area (Å²) in [4.78, 5) is 11.1. The van der Waals surface area contributed by atoms with Crippen LogP contribution in [-0.2, 0) is 11.2 Å². The number of unbranched alkanes of at least 4 members (excludes halogenated alkanes) is 1. The first-order valence-electron chi connectivity index (χ1n) is 6.40. The smallest absolute Gasteiger partial charge is 0.133 e. The van der Waals surface area contributed by atoms with E-state index in [-0.39, 0.29) is 0 Å². The highest BCUT2D eigenvalue weighted by Crippen LogP contribution is 2.26. The average Bonchev–Trinajstić information content (AvgIpc) is 2.72. The number of carbonyl (C=O) groups excluding carboxylic acids is 1. The molecule has 2 rings (SSSR count). The first kappa shape index (κ1) is 11.4. The van der Waals surface area contributed by atoms with E-state index in [0.717, 1.165) is 19.3 Å². The number of rotatable bonds is 5. The van der Waals surface area contributed by atoms with Crippen LogP contribution in [0.25, 0.3) is 0 Å². The number of benzene rings is 1. The molecular formula is C15H20O. The van der Waals surface area contributed by atoms with Crippen LogP contribution in [0.5, 0.6) is 0 Å². The molecule has 0 aromatic heterocycles. The van der Waals surface area contributed by atoms with Gasteiger partial charge in [-0.25, -0.2) is 0 Å². The molecule has 0 spiro atoms. The third-order valence-electron chi connectivity index (χ3n) is 3.52. The number of Topliss-reactive ketones (excluding diaryl/α,β-unsaturated/α-hetero) is 1. The highest BCUT2D eigenvalue weighted by atomic mass is 16.1. The average molecular weight is 216 g/mol. The Morgan fingerprint density at radius 3 is 2.62 bits per heavy atom. The minimum atomic E-state index is 0.480. The highest BCUT2D eigenvalue weighted by Gasteiger charge is 2.20. The Kier molecular flexibility index (Phi) is 4.15. The van der Waals surface area contributed by atoms with Crippen molar-refractivity contribution in [3.63, 3.8) is 0 Å². The zero-order valence-corrected chi connectivity index (χ0v) is 9.82. The molecule has 86 valence electrons. The third kappa shape index (κ3) is 3.48. The molecule has 0 bridgehead atoms. The van der Waals surface area contributed by atoms with Crippen LogP contribution in [0.1, 0.15) is 44.1 Å². The van der Waals surface area contributed by atoms with Crippen molar-refractivity contribution in [2.45, 2.75) is 44.9 Å². The number of hydrogen-bond acceptors (Lipinski definition) is 1. The maximum Gasteiger partial charge on any atom is 0.133 e. The van der Waals surface area contributed by atoms with Gasteiger partial charge in [0.05, 0.1) is 0 Å². The van der Waals surface area contributed by atoms with Gasteiger partial charge in [0.25, 0.3) is 0 Å². The van der Waals surface area contributed by atoms with Crippen LogP contribution in [0, 0.1) is 5.92 Å². The van der Waals surface area contributed by atoms with Crippen molar-refractivity contribution in [1.29, 1.82) is 0 Å². The van der Waals surface area contributed by atoms with Gasteiger partial charge in [-0.2, -0.15) is 0 Å². The van der Waals surface area contributed by atoms with Crippen LogP contribution in [0.4, 0.5) is 0 Å². The van der Waals surface area contributed by atoms with E-state index in [9.17, 15) is 4.79 Å². The van der Waals surface area contributed by atoms with E-state index in [1.807, 2.05) is 0 Å². The molecule has 1 atom stereocenters. The summed E-state index contributed by atoms with van der Waals surface area (Å²) in [5.74, 6) is 1.18. The number of carbonyl (C=O) groups is 1. The topological polar surface area (TPSA) is 17.1 Å². The van der Waals surface area contributed by atoms with E-state index in [1.165, 1.54) is 31.2 Å². The zero-order valence-electron chi connectivity index (χ0n) is 9.82.